The summed E-state index contributed by atoms with van der Waals surface area (Å²) in [7, 11) is 0. The third-order valence-corrected chi connectivity index (χ3v) is 7.51. The van der Waals surface area contributed by atoms with Crippen LogP contribution in [0.2, 0.25) is 5.02 Å². The molecule has 0 radical (unpaired) electrons. The molecule has 0 unspecified atom stereocenters. The van der Waals surface area contributed by atoms with Crippen LogP contribution in [0.1, 0.15) is 23.5 Å². The minimum atomic E-state index is -0.482. The number of benzene rings is 3. The smallest absolute Gasteiger partial charge is 0.262 e. The van der Waals surface area contributed by atoms with Gasteiger partial charge in [-0.15, -0.1) is 0 Å². The molecule has 0 aliphatic carbocycles. The molecular weight excluding hydrogens is 573 g/mol. The third-order valence-electron chi connectivity index (χ3n) is 6.91. The summed E-state index contributed by atoms with van der Waals surface area (Å²) in [5, 5.41) is 6.87. The monoisotopic (exact) mass is 597 g/mol. The molecule has 2 N–H and O–H groups in total. The highest BCUT2D eigenvalue weighted by molar-refractivity contribution is 7.80. The van der Waals surface area contributed by atoms with E-state index in [4.69, 9.17) is 28.6 Å². The lowest BCUT2D eigenvalue weighted by Crippen LogP contribution is -2.30. The van der Waals surface area contributed by atoms with Crippen LogP contribution in [0.25, 0.3) is 5.69 Å². The number of amides is 1. The highest BCUT2D eigenvalue weighted by atomic mass is 35.5. The summed E-state index contributed by atoms with van der Waals surface area (Å²) in [6.45, 7) is -0.107. The first-order valence-electron chi connectivity index (χ1n) is 13.2. The normalized spacial score (nSPS) is 16.2. The van der Waals surface area contributed by atoms with E-state index >= 15 is 0 Å². The highest BCUT2D eigenvalue weighted by Gasteiger charge is 2.42. The summed E-state index contributed by atoms with van der Waals surface area (Å²) in [6, 6.07) is 30.3. The zero-order chi connectivity index (χ0) is 29.1. The largest absolute Gasteiger partial charge is 0.484 e. The van der Waals surface area contributed by atoms with Gasteiger partial charge in [0.05, 0.1) is 16.8 Å². The Labute approximate surface area is 252 Å². The number of nitrogens with zero attached hydrogens (tertiary/aromatic N) is 3. The Morgan fingerprint density at radius 3 is 2.48 bits per heavy atom. The number of ether oxygens (including phenoxy) is 1. The molecule has 3 aromatic carbocycles. The lowest BCUT2D eigenvalue weighted by Gasteiger charge is -2.29. The molecule has 0 spiro atoms. The molecule has 7 nitrogen and oxygen atoms in total. The Hall–Kier alpha value is -4.73. The second-order valence-corrected chi connectivity index (χ2v) is 10.4. The van der Waals surface area contributed by atoms with Crippen molar-refractivity contribution in [1.29, 1.82) is 0 Å². The van der Waals surface area contributed by atoms with Gasteiger partial charge in [-0.1, -0.05) is 35.9 Å². The molecule has 1 aliphatic rings. The van der Waals surface area contributed by atoms with Crippen LogP contribution in [-0.4, -0.2) is 27.2 Å². The SMILES string of the molecule is O=C(COc1ccccc1)Nc1ccc(N2C(=S)N[C@H](c3ccccn3)[C@H]2c2cccn2-c2ccc(F)c(Cl)c2)cc1. The molecule has 1 aliphatic heterocycles. The molecule has 0 bridgehead atoms. The van der Waals surface area contributed by atoms with Crippen LogP contribution in [0, 0.1) is 5.82 Å². The predicted octanol–water partition coefficient (Wildman–Crippen LogP) is 6.86. The number of hydrogen-bond donors (Lipinski definition) is 2. The Balaban J connectivity index is 1.29. The van der Waals surface area contributed by atoms with Crippen LogP contribution in [-0.2, 0) is 4.79 Å². The summed E-state index contributed by atoms with van der Waals surface area (Å²) in [4.78, 5) is 19.1. The van der Waals surface area contributed by atoms with Gasteiger partial charge in [0.2, 0.25) is 0 Å². The minimum Gasteiger partial charge on any atom is -0.484 e. The standard InChI is InChI=1S/C32H25ClFN5O2S/c33-25-19-23(15-16-26(25)34)38-18-6-10-28(38)31-30(27-9-4-5-17-35-27)37-32(42)39(31)22-13-11-21(12-14-22)36-29(40)20-41-24-7-2-1-3-8-24/h1-19,30-31H,20H2,(H,36,40)(H,37,42)/t30-,31-/m1/s1. The summed E-state index contributed by atoms with van der Waals surface area (Å²) in [5.74, 6) is -0.127. The van der Waals surface area contributed by atoms with Crippen molar-refractivity contribution in [3.05, 3.63) is 138 Å². The quantitative estimate of drug-likeness (QED) is 0.190. The first-order chi connectivity index (χ1) is 20.5. The maximum absolute atomic E-state index is 14.0. The van der Waals surface area contributed by atoms with Gasteiger partial charge in [-0.2, -0.15) is 0 Å². The minimum absolute atomic E-state index is 0.0390. The van der Waals surface area contributed by atoms with Crippen molar-refractivity contribution in [3.63, 3.8) is 0 Å². The number of rotatable bonds is 8. The van der Waals surface area contributed by atoms with E-state index in [1.165, 1.54) is 6.07 Å². The molecule has 3 heterocycles. The third kappa shape index (κ3) is 5.70. The molecule has 1 fully saturated rings. The van der Waals surface area contributed by atoms with Crippen molar-refractivity contribution in [1.82, 2.24) is 14.9 Å². The molecule has 42 heavy (non-hydrogen) atoms. The van der Waals surface area contributed by atoms with E-state index in [0.717, 1.165) is 22.8 Å². The zero-order valence-electron chi connectivity index (χ0n) is 22.2. The Morgan fingerprint density at radius 2 is 1.74 bits per heavy atom. The number of thiocarbonyl (C=S) groups is 1. The molecule has 6 rings (SSSR count). The fourth-order valence-corrected chi connectivity index (χ4v) is 5.53. The molecule has 5 aromatic rings. The number of halogens is 2. The van der Waals surface area contributed by atoms with Gasteiger partial charge >= 0.3 is 0 Å². The summed E-state index contributed by atoms with van der Waals surface area (Å²) >= 11 is 12.0. The van der Waals surface area contributed by atoms with E-state index in [-0.39, 0.29) is 29.6 Å². The number of nitrogens with one attached hydrogen (secondary N) is 2. The molecule has 10 heteroatoms. The van der Waals surface area contributed by atoms with Crippen LogP contribution in [0.5, 0.6) is 5.75 Å². The van der Waals surface area contributed by atoms with E-state index in [9.17, 15) is 9.18 Å². The van der Waals surface area contributed by atoms with Crippen LogP contribution in [0.3, 0.4) is 0 Å². The molecule has 0 saturated carbocycles. The Morgan fingerprint density at radius 1 is 0.976 bits per heavy atom. The second kappa shape index (κ2) is 12.0. The number of carbonyl (C=O) groups is 1. The van der Waals surface area contributed by atoms with Gasteiger partial charge < -0.3 is 24.8 Å². The second-order valence-electron chi connectivity index (χ2n) is 9.59. The van der Waals surface area contributed by atoms with Gasteiger partial charge in [-0.05, 0) is 91.1 Å². The fraction of sp³-hybridized carbons (Fsp3) is 0.0938. The van der Waals surface area contributed by atoms with Gasteiger partial charge in [0.15, 0.2) is 11.7 Å². The highest BCUT2D eigenvalue weighted by Crippen LogP contribution is 2.42. The lowest BCUT2D eigenvalue weighted by molar-refractivity contribution is -0.118. The van der Waals surface area contributed by atoms with E-state index in [1.807, 2.05) is 88.5 Å². The molecule has 210 valence electrons. The number of aromatic nitrogens is 2. The van der Waals surface area contributed by atoms with Crippen molar-refractivity contribution in [2.24, 2.45) is 0 Å². The zero-order valence-corrected chi connectivity index (χ0v) is 23.7. The van der Waals surface area contributed by atoms with E-state index in [0.29, 0.717) is 16.5 Å². The lowest BCUT2D eigenvalue weighted by atomic mass is 10.0. The van der Waals surface area contributed by atoms with Crippen molar-refractivity contribution in [2.45, 2.75) is 12.1 Å². The Kier molecular flexibility index (Phi) is 7.85. The van der Waals surface area contributed by atoms with E-state index < -0.39 is 5.82 Å². The number of pyridine rings is 1. The first kappa shape index (κ1) is 27.4. The first-order valence-corrected chi connectivity index (χ1v) is 14.0. The average Bonchev–Trinajstić information content (AvgIpc) is 3.63. The number of anilines is 2. The van der Waals surface area contributed by atoms with Crippen LogP contribution in [0.4, 0.5) is 15.8 Å². The van der Waals surface area contributed by atoms with Gasteiger partial charge in [0.1, 0.15) is 17.6 Å². The molecule has 1 saturated heterocycles. The summed E-state index contributed by atoms with van der Waals surface area (Å²) in [6.07, 6.45) is 3.65. The van der Waals surface area contributed by atoms with Crippen molar-refractivity contribution in [2.75, 3.05) is 16.8 Å². The van der Waals surface area contributed by atoms with Gasteiger partial charge in [0, 0.05) is 35.1 Å². The van der Waals surface area contributed by atoms with Crippen LogP contribution >= 0.6 is 23.8 Å². The number of para-hydroxylation sites is 1. The Bertz CT molecular complexity index is 1720. The van der Waals surface area contributed by atoms with Gasteiger partial charge in [-0.25, -0.2) is 4.39 Å². The van der Waals surface area contributed by atoms with Crippen LogP contribution in [0.15, 0.2) is 116 Å². The van der Waals surface area contributed by atoms with E-state index in [2.05, 4.69) is 15.6 Å². The summed E-state index contributed by atoms with van der Waals surface area (Å²) in [5.41, 5.74) is 3.88. The predicted molar refractivity (Wildman–Crippen MR) is 166 cm³/mol. The number of hydrogen-bond acceptors (Lipinski definition) is 4. The van der Waals surface area contributed by atoms with E-state index in [1.54, 1.807) is 30.5 Å². The van der Waals surface area contributed by atoms with Gasteiger partial charge in [0.25, 0.3) is 5.91 Å². The average molecular weight is 598 g/mol. The van der Waals surface area contributed by atoms with Crippen molar-refractivity contribution in [3.8, 4) is 11.4 Å². The molecule has 2 atom stereocenters. The van der Waals surface area contributed by atoms with Crippen LogP contribution < -0.4 is 20.3 Å². The fourth-order valence-electron chi connectivity index (χ4n) is 5.01. The van der Waals surface area contributed by atoms with Crippen molar-refractivity contribution >= 4 is 46.2 Å². The van der Waals surface area contributed by atoms with Crippen molar-refractivity contribution < 1.29 is 13.9 Å². The topological polar surface area (TPSA) is 71.4 Å². The molecule has 2 aromatic heterocycles. The molecular formula is C32H25ClFN5O2S. The maximum atomic E-state index is 14.0. The van der Waals surface area contributed by atoms with Gasteiger partial charge in [-0.3, -0.25) is 9.78 Å². The molecule has 1 amide bonds. The summed E-state index contributed by atoms with van der Waals surface area (Å²) < 4.78 is 21.5. The maximum Gasteiger partial charge on any atom is 0.262 e. The number of carbonyl (C=O) groups excluding carboxylic acids is 1.